The van der Waals surface area contributed by atoms with E-state index in [0.29, 0.717) is 0 Å². The fourth-order valence-corrected chi connectivity index (χ4v) is 3.34. The minimum absolute atomic E-state index is 0.794. The summed E-state index contributed by atoms with van der Waals surface area (Å²) in [6.07, 6.45) is 3.82. The van der Waals surface area contributed by atoms with E-state index in [4.69, 9.17) is 5.73 Å². The summed E-state index contributed by atoms with van der Waals surface area (Å²) in [5, 5.41) is 0. The highest BCUT2D eigenvalue weighted by atomic mass is 79.9. The minimum Gasteiger partial charge on any atom is -0.330 e. The summed E-state index contributed by atoms with van der Waals surface area (Å²) in [6.45, 7) is 4.29. The summed E-state index contributed by atoms with van der Waals surface area (Å²) in [4.78, 5) is 2.56. The van der Waals surface area contributed by atoms with Crippen LogP contribution in [0.5, 0.6) is 0 Å². The summed E-state index contributed by atoms with van der Waals surface area (Å²) in [5.74, 6) is 0.794. The molecule has 0 spiro atoms. The molecule has 1 aromatic carbocycles. The maximum Gasteiger partial charge on any atom is 0.0320 e. The monoisotopic (exact) mass is 374 g/mol. The number of benzene rings is 1. The summed E-state index contributed by atoms with van der Waals surface area (Å²) in [5.41, 5.74) is 7.04. The van der Waals surface area contributed by atoms with Crippen molar-refractivity contribution in [3.05, 3.63) is 32.7 Å². The van der Waals surface area contributed by atoms with Crippen LogP contribution in [-0.2, 0) is 6.54 Å². The first-order valence-corrected chi connectivity index (χ1v) is 8.14. The van der Waals surface area contributed by atoms with Gasteiger partial charge >= 0.3 is 0 Å². The summed E-state index contributed by atoms with van der Waals surface area (Å²) < 4.78 is 2.25. The molecule has 2 N–H and O–H groups in total. The number of piperidine rings is 1. The first kappa shape index (κ1) is 14.5. The third-order valence-electron chi connectivity index (χ3n) is 3.57. The highest BCUT2D eigenvalue weighted by Gasteiger charge is 2.19. The number of nitrogens with zero attached hydrogens (tertiary/aromatic N) is 1. The normalized spacial score (nSPS) is 21.2. The number of likely N-dealkylation sites (tertiary alicyclic amines) is 1. The number of nitrogens with two attached hydrogens (primary N) is 1. The Hall–Kier alpha value is 0.1000. The van der Waals surface area contributed by atoms with E-state index in [0.717, 1.165) is 28.0 Å². The lowest BCUT2D eigenvalue weighted by Crippen LogP contribution is -2.35. The molecular formula is C14H20Br2N2. The zero-order valence-corrected chi connectivity index (χ0v) is 13.7. The van der Waals surface area contributed by atoms with Crippen molar-refractivity contribution in [1.82, 2.24) is 4.90 Å². The lowest BCUT2D eigenvalue weighted by Gasteiger charge is -2.32. The predicted molar refractivity (Wildman–Crippen MR) is 83.5 cm³/mol. The molecule has 18 heavy (non-hydrogen) atoms. The van der Waals surface area contributed by atoms with Crippen LogP contribution in [0.1, 0.15) is 24.8 Å². The summed E-state index contributed by atoms with van der Waals surface area (Å²) >= 11 is 7.08. The molecule has 2 nitrogen and oxygen atoms in total. The van der Waals surface area contributed by atoms with Crippen molar-refractivity contribution in [2.75, 3.05) is 19.6 Å². The maximum absolute atomic E-state index is 5.66. The molecule has 100 valence electrons. The summed E-state index contributed by atoms with van der Waals surface area (Å²) in [6, 6.07) is 6.51. The smallest absolute Gasteiger partial charge is 0.0320 e. The van der Waals surface area contributed by atoms with Crippen LogP contribution in [0.15, 0.2) is 27.1 Å². The van der Waals surface area contributed by atoms with Gasteiger partial charge in [-0.1, -0.05) is 6.07 Å². The second-order valence-electron chi connectivity index (χ2n) is 5.07. The van der Waals surface area contributed by atoms with E-state index < -0.39 is 0 Å². The van der Waals surface area contributed by atoms with E-state index in [1.807, 2.05) is 0 Å². The Morgan fingerprint density at radius 2 is 2.11 bits per heavy atom. The Kier molecular flexibility index (Phi) is 5.67. The van der Waals surface area contributed by atoms with E-state index in [1.54, 1.807) is 0 Å². The largest absolute Gasteiger partial charge is 0.330 e. The fourth-order valence-electron chi connectivity index (χ4n) is 2.66. The van der Waals surface area contributed by atoms with Crippen molar-refractivity contribution in [2.45, 2.75) is 25.8 Å². The fraction of sp³-hybridized carbons (Fsp3) is 0.571. The zero-order chi connectivity index (χ0) is 13.0. The SMILES string of the molecule is NCCC1CCCN(Cc2ccc(Br)c(Br)c2)C1. The molecule has 1 aliphatic rings. The van der Waals surface area contributed by atoms with E-state index in [9.17, 15) is 0 Å². The van der Waals surface area contributed by atoms with Gasteiger partial charge in [0.1, 0.15) is 0 Å². The molecule has 0 saturated carbocycles. The number of halogens is 2. The molecule has 1 unspecified atom stereocenters. The maximum atomic E-state index is 5.66. The minimum atomic E-state index is 0.794. The van der Waals surface area contributed by atoms with Crippen LogP contribution in [-0.4, -0.2) is 24.5 Å². The van der Waals surface area contributed by atoms with E-state index in [1.165, 1.54) is 37.9 Å². The van der Waals surface area contributed by atoms with Crippen molar-refractivity contribution in [1.29, 1.82) is 0 Å². The van der Waals surface area contributed by atoms with Gasteiger partial charge in [-0.25, -0.2) is 0 Å². The van der Waals surface area contributed by atoms with Gasteiger partial charge in [0.25, 0.3) is 0 Å². The molecule has 0 aromatic heterocycles. The van der Waals surface area contributed by atoms with Gasteiger partial charge in [-0.15, -0.1) is 0 Å². The molecule has 1 aliphatic heterocycles. The van der Waals surface area contributed by atoms with Crippen LogP contribution in [0.25, 0.3) is 0 Å². The van der Waals surface area contributed by atoms with Crippen LogP contribution >= 0.6 is 31.9 Å². The molecule has 1 aromatic rings. The number of hydrogen-bond acceptors (Lipinski definition) is 2. The Bertz CT molecular complexity index is 393. The molecular weight excluding hydrogens is 356 g/mol. The molecule has 2 rings (SSSR count). The second-order valence-corrected chi connectivity index (χ2v) is 6.78. The average molecular weight is 376 g/mol. The summed E-state index contributed by atoms with van der Waals surface area (Å²) in [7, 11) is 0. The van der Waals surface area contributed by atoms with Gasteiger partial charge in [-0.2, -0.15) is 0 Å². The van der Waals surface area contributed by atoms with Crippen LogP contribution in [0.2, 0.25) is 0 Å². The zero-order valence-electron chi connectivity index (χ0n) is 10.5. The van der Waals surface area contributed by atoms with Crippen LogP contribution in [0.4, 0.5) is 0 Å². The first-order chi connectivity index (χ1) is 8.69. The lowest BCUT2D eigenvalue weighted by atomic mass is 9.94. The number of hydrogen-bond donors (Lipinski definition) is 1. The first-order valence-electron chi connectivity index (χ1n) is 6.55. The molecule has 1 heterocycles. The third kappa shape index (κ3) is 4.05. The van der Waals surface area contributed by atoms with Crippen LogP contribution in [0, 0.1) is 5.92 Å². The van der Waals surface area contributed by atoms with Gasteiger partial charge in [0.15, 0.2) is 0 Å². The Morgan fingerprint density at radius 1 is 1.28 bits per heavy atom. The van der Waals surface area contributed by atoms with E-state index >= 15 is 0 Å². The van der Waals surface area contributed by atoms with Crippen molar-refractivity contribution in [2.24, 2.45) is 11.7 Å². The van der Waals surface area contributed by atoms with Crippen molar-refractivity contribution < 1.29 is 0 Å². The molecule has 0 amide bonds. The molecule has 4 heteroatoms. The van der Waals surface area contributed by atoms with Crippen molar-refractivity contribution in [3.8, 4) is 0 Å². The highest BCUT2D eigenvalue weighted by molar-refractivity contribution is 9.13. The molecule has 1 fully saturated rings. The quantitative estimate of drug-likeness (QED) is 0.867. The van der Waals surface area contributed by atoms with Crippen LogP contribution < -0.4 is 5.73 Å². The van der Waals surface area contributed by atoms with Gasteiger partial charge in [0.2, 0.25) is 0 Å². The Labute approximate surface area is 126 Å². The standard InChI is InChI=1S/C14H20Br2N2/c15-13-4-3-12(8-14(13)16)10-18-7-1-2-11(9-18)5-6-17/h3-4,8,11H,1-2,5-7,9-10,17H2. The Balaban J connectivity index is 1.93. The van der Waals surface area contributed by atoms with Gasteiger partial charge in [0.05, 0.1) is 0 Å². The van der Waals surface area contributed by atoms with E-state index in [-0.39, 0.29) is 0 Å². The van der Waals surface area contributed by atoms with Gasteiger partial charge < -0.3 is 5.73 Å². The molecule has 1 atom stereocenters. The van der Waals surface area contributed by atoms with E-state index in [2.05, 4.69) is 55.0 Å². The van der Waals surface area contributed by atoms with Crippen molar-refractivity contribution in [3.63, 3.8) is 0 Å². The van der Waals surface area contributed by atoms with Crippen LogP contribution in [0.3, 0.4) is 0 Å². The molecule has 1 saturated heterocycles. The molecule has 0 aliphatic carbocycles. The van der Waals surface area contributed by atoms with Gasteiger partial charge in [0, 0.05) is 22.0 Å². The Morgan fingerprint density at radius 3 is 2.83 bits per heavy atom. The number of rotatable bonds is 4. The van der Waals surface area contributed by atoms with Crippen molar-refractivity contribution >= 4 is 31.9 Å². The third-order valence-corrected chi connectivity index (χ3v) is 5.45. The average Bonchev–Trinajstić information content (AvgIpc) is 2.35. The van der Waals surface area contributed by atoms with Gasteiger partial charge in [-0.05, 0) is 87.8 Å². The molecule has 0 radical (unpaired) electrons. The highest BCUT2D eigenvalue weighted by Crippen LogP contribution is 2.26. The van der Waals surface area contributed by atoms with Gasteiger partial charge in [-0.3, -0.25) is 4.90 Å². The lowest BCUT2D eigenvalue weighted by molar-refractivity contribution is 0.163. The topological polar surface area (TPSA) is 29.3 Å². The molecule has 0 bridgehead atoms. The second kappa shape index (κ2) is 7.04. The predicted octanol–water partition coefficient (Wildman–Crippen LogP) is 3.77.